The van der Waals surface area contributed by atoms with Crippen molar-refractivity contribution in [2.24, 2.45) is 10.7 Å². The number of nitrogens with zero attached hydrogens (tertiary/aromatic N) is 1. The van der Waals surface area contributed by atoms with Gasteiger partial charge in [-0.1, -0.05) is 0 Å². The molecule has 0 saturated heterocycles. The number of hydrogen-bond donors (Lipinski definition) is 1. The molecule has 0 bridgehead atoms. The predicted molar refractivity (Wildman–Crippen MR) is 31.0 cm³/mol. The fourth-order valence-electron chi connectivity index (χ4n) is 0.348. The second kappa shape index (κ2) is 2.16. The summed E-state index contributed by atoms with van der Waals surface area (Å²) in [6.07, 6.45) is 5.92. The van der Waals surface area contributed by atoms with Gasteiger partial charge in [-0.25, -0.2) is 0 Å². The average Bonchev–Trinajstić information content (AvgIpc) is 1.94. The molecule has 0 aromatic rings. The summed E-state index contributed by atoms with van der Waals surface area (Å²) in [5.74, 6) is 0. The van der Waals surface area contributed by atoms with Gasteiger partial charge in [0.05, 0.1) is 18.1 Å². The molecule has 2 N–H and O–H groups in total. The molecule has 3 heteroatoms. The minimum atomic E-state index is 0.523. The van der Waals surface area contributed by atoms with Gasteiger partial charge in [-0.2, -0.15) is 0 Å². The largest absolute Gasteiger partial charge is 0.469 e. The molecule has 42 valence electrons. The molecule has 0 aromatic heterocycles. The van der Waals surface area contributed by atoms with Crippen molar-refractivity contribution in [3.8, 4) is 0 Å². The van der Waals surface area contributed by atoms with E-state index >= 15 is 0 Å². The van der Waals surface area contributed by atoms with Crippen molar-refractivity contribution >= 4 is 6.21 Å². The van der Waals surface area contributed by atoms with Crippen molar-refractivity contribution in [3.05, 3.63) is 24.4 Å². The highest BCUT2D eigenvalue weighted by Gasteiger charge is 1.83. The molecule has 0 atom stereocenters. The highest BCUT2D eigenvalue weighted by molar-refractivity contribution is 5.77. The molecule has 3 nitrogen and oxygen atoms in total. The summed E-state index contributed by atoms with van der Waals surface area (Å²) in [6, 6.07) is 0. The van der Waals surface area contributed by atoms with Gasteiger partial charge in [-0.3, -0.25) is 4.99 Å². The first kappa shape index (κ1) is 4.90. The van der Waals surface area contributed by atoms with Crippen LogP contribution >= 0.6 is 0 Å². The first-order chi connectivity index (χ1) is 3.89. The van der Waals surface area contributed by atoms with Gasteiger partial charge in [0.1, 0.15) is 12.5 Å². The summed E-state index contributed by atoms with van der Waals surface area (Å²) in [4.78, 5) is 3.73. The van der Waals surface area contributed by atoms with E-state index in [-0.39, 0.29) is 0 Å². The van der Waals surface area contributed by atoms with E-state index in [0.29, 0.717) is 5.70 Å². The average molecular weight is 110 g/mol. The molecule has 1 heterocycles. The topological polar surface area (TPSA) is 47.6 Å². The van der Waals surface area contributed by atoms with Crippen molar-refractivity contribution in [2.45, 2.75) is 0 Å². The predicted octanol–water partition coefficient (Wildman–Crippen LogP) is 0.359. The third-order valence-electron chi connectivity index (χ3n) is 0.653. The molecular formula is C5H6N2O. The molecule has 1 rings (SSSR count). The van der Waals surface area contributed by atoms with Crippen LogP contribution in [0.1, 0.15) is 0 Å². The fourth-order valence-corrected chi connectivity index (χ4v) is 0.348. The van der Waals surface area contributed by atoms with Crippen LogP contribution in [0.5, 0.6) is 0 Å². The first-order valence-corrected chi connectivity index (χ1v) is 2.19. The number of nitrogens with two attached hydrogens (primary N) is 1. The van der Waals surface area contributed by atoms with Gasteiger partial charge in [-0.05, 0) is 0 Å². The molecule has 1 aliphatic heterocycles. The zero-order valence-corrected chi connectivity index (χ0v) is 4.24. The molecule has 0 fully saturated rings. The lowest BCUT2D eigenvalue weighted by Gasteiger charge is -1.85. The fraction of sp³-hybridized carbons (Fsp3) is 0. The van der Waals surface area contributed by atoms with E-state index < -0.39 is 0 Å². The first-order valence-electron chi connectivity index (χ1n) is 2.19. The van der Waals surface area contributed by atoms with Crippen LogP contribution in [0, 0.1) is 0 Å². The smallest absolute Gasteiger partial charge is 0.115 e. The summed E-state index contributed by atoms with van der Waals surface area (Å²) in [7, 11) is 0. The van der Waals surface area contributed by atoms with Crippen LogP contribution in [-0.4, -0.2) is 6.21 Å². The van der Waals surface area contributed by atoms with Crippen molar-refractivity contribution < 1.29 is 4.74 Å². The number of ether oxygens (including phenoxy) is 1. The van der Waals surface area contributed by atoms with Gasteiger partial charge in [0.15, 0.2) is 0 Å². The van der Waals surface area contributed by atoms with Crippen LogP contribution in [0.4, 0.5) is 0 Å². The van der Waals surface area contributed by atoms with Crippen molar-refractivity contribution in [2.75, 3.05) is 0 Å². The highest BCUT2D eigenvalue weighted by atomic mass is 16.5. The standard InChI is InChI=1S/C5H6N2O/c6-5-3-7-1-2-8-4-5/h1-4H,6H2. The summed E-state index contributed by atoms with van der Waals surface area (Å²) in [5.41, 5.74) is 5.80. The molecule has 0 radical (unpaired) electrons. The Morgan fingerprint density at radius 2 is 2.50 bits per heavy atom. The Kier molecular flexibility index (Phi) is 1.32. The van der Waals surface area contributed by atoms with E-state index in [1.807, 2.05) is 0 Å². The van der Waals surface area contributed by atoms with Crippen LogP contribution in [0.2, 0.25) is 0 Å². The van der Waals surface area contributed by atoms with Gasteiger partial charge in [0, 0.05) is 0 Å². The van der Waals surface area contributed by atoms with E-state index in [2.05, 4.69) is 4.99 Å². The molecule has 0 aliphatic carbocycles. The summed E-state index contributed by atoms with van der Waals surface area (Å²) >= 11 is 0. The normalized spacial score (nSPS) is 16.8. The zero-order chi connectivity index (χ0) is 5.82. The lowest BCUT2D eigenvalue weighted by atomic mass is 10.6. The Hall–Kier alpha value is -1.25. The lowest BCUT2D eigenvalue weighted by Crippen LogP contribution is -1.96. The van der Waals surface area contributed by atoms with Crippen LogP contribution in [0.3, 0.4) is 0 Å². The second-order valence-electron chi connectivity index (χ2n) is 1.32. The zero-order valence-electron chi connectivity index (χ0n) is 4.24. The minimum Gasteiger partial charge on any atom is -0.469 e. The lowest BCUT2D eigenvalue weighted by molar-refractivity contribution is 0.400. The number of aliphatic imine (C=N–C) groups is 1. The van der Waals surface area contributed by atoms with E-state index in [0.717, 1.165) is 0 Å². The van der Waals surface area contributed by atoms with E-state index in [1.165, 1.54) is 24.9 Å². The number of allylic oxidation sites excluding steroid dienone is 1. The van der Waals surface area contributed by atoms with Crippen molar-refractivity contribution in [3.63, 3.8) is 0 Å². The van der Waals surface area contributed by atoms with Gasteiger partial charge in [-0.15, -0.1) is 0 Å². The molecule has 0 unspecified atom stereocenters. The third kappa shape index (κ3) is 1.11. The van der Waals surface area contributed by atoms with E-state index in [9.17, 15) is 0 Å². The SMILES string of the molecule is NC1=COC=CN=C1. The molecule has 0 saturated carbocycles. The maximum Gasteiger partial charge on any atom is 0.115 e. The Morgan fingerprint density at radius 1 is 1.62 bits per heavy atom. The van der Waals surface area contributed by atoms with E-state index in [4.69, 9.17) is 10.5 Å². The quantitative estimate of drug-likeness (QED) is 0.489. The summed E-state index contributed by atoms with van der Waals surface area (Å²) in [6.45, 7) is 0. The minimum absolute atomic E-state index is 0.523. The molecule has 0 amide bonds. The Bertz CT molecular complexity index is 155. The summed E-state index contributed by atoms with van der Waals surface area (Å²) < 4.78 is 4.71. The van der Waals surface area contributed by atoms with Gasteiger partial charge in [0.2, 0.25) is 0 Å². The van der Waals surface area contributed by atoms with Crippen molar-refractivity contribution in [1.29, 1.82) is 0 Å². The third-order valence-corrected chi connectivity index (χ3v) is 0.653. The molecule has 0 spiro atoms. The van der Waals surface area contributed by atoms with E-state index in [1.54, 1.807) is 0 Å². The monoisotopic (exact) mass is 110 g/mol. The number of rotatable bonds is 0. The second-order valence-corrected chi connectivity index (χ2v) is 1.32. The molecule has 1 aliphatic rings. The van der Waals surface area contributed by atoms with Gasteiger partial charge >= 0.3 is 0 Å². The Balaban J connectivity index is 2.69. The number of hydrogen-bond acceptors (Lipinski definition) is 3. The van der Waals surface area contributed by atoms with Gasteiger partial charge in [0.25, 0.3) is 0 Å². The van der Waals surface area contributed by atoms with Crippen LogP contribution in [0.15, 0.2) is 29.4 Å². The molecule has 8 heavy (non-hydrogen) atoms. The van der Waals surface area contributed by atoms with Gasteiger partial charge < -0.3 is 10.5 Å². The highest BCUT2D eigenvalue weighted by Crippen LogP contribution is 1.89. The molecule has 0 aromatic carbocycles. The van der Waals surface area contributed by atoms with Crippen molar-refractivity contribution in [1.82, 2.24) is 0 Å². The van der Waals surface area contributed by atoms with Crippen LogP contribution < -0.4 is 5.73 Å². The van der Waals surface area contributed by atoms with Crippen LogP contribution in [-0.2, 0) is 4.74 Å². The Morgan fingerprint density at radius 3 is 3.38 bits per heavy atom. The maximum absolute atomic E-state index is 5.28. The maximum atomic E-state index is 5.28. The Labute approximate surface area is 47.2 Å². The molecular weight excluding hydrogens is 104 g/mol. The van der Waals surface area contributed by atoms with Crippen LogP contribution in [0.25, 0.3) is 0 Å². The summed E-state index contributed by atoms with van der Waals surface area (Å²) in [5, 5.41) is 0.